The molecule has 0 spiro atoms. The van der Waals surface area contributed by atoms with Gasteiger partial charge < -0.3 is 10.6 Å². The molecule has 0 bridgehead atoms. The van der Waals surface area contributed by atoms with Crippen LogP contribution in [0, 0.1) is 11.7 Å². The summed E-state index contributed by atoms with van der Waals surface area (Å²) in [6.45, 7) is 5.78. The first-order chi connectivity index (χ1) is 10.5. The lowest BCUT2D eigenvalue weighted by Gasteiger charge is -2.30. The highest BCUT2D eigenvalue weighted by Gasteiger charge is 2.28. The van der Waals surface area contributed by atoms with E-state index in [1.165, 1.54) is 6.33 Å². The number of anilines is 1. The first-order valence-electron chi connectivity index (χ1n) is 8.07. The van der Waals surface area contributed by atoms with Crippen molar-refractivity contribution in [2.24, 2.45) is 5.92 Å². The molecule has 1 aliphatic rings. The number of carbonyl (C=O) groups is 1. The molecule has 1 amide bonds. The van der Waals surface area contributed by atoms with Crippen molar-refractivity contribution in [2.45, 2.75) is 65.0 Å². The van der Waals surface area contributed by atoms with E-state index in [1.54, 1.807) is 0 Å². The van der Waals surface area contributed by atoms with Crippen molar-refractivity contribution in [1.82, 2.24) is 15.3 Å². The minimum atomic E-state index is -0.376. The molecule has 1 aromatic rings. The van der Waals surface area contributed by atoms with E-state index in [0.717, 1.165) is 19.3 Å². The van der Waals surface area contributed by atoms with Crippen LogP contribution >= 0.6 is 0 Å². The first kappa shape index (κ1) is 16.6. The molecule has 1 aromatic heterocycles. The Kier molecular flexibility index (Phi) is 5.69. The van der Waals surface area contributed by atoms with Crippen LogP contribution in [-0.2, 0) is 11.2 Å². The summed E-state index contributed by atoms with van der Waals surface area (Å²) in [5.74, 6) is -0.0383. The SMILES string of the molecule is CCc1ncnc(N[C@H]2CCC[C@@H](C(=O)NC(C)C)C2)c1F. The molecule has 1 saturated carbocycles. The van der Waals surface area contributed by atoms with Gasteiger partial charge in [-0.15, -0.1) is 0 Å². The second kappa shape index (κ2) is 7.51. The van der Waals surface area contributed by atoms with Crippen LogP contribution in [0.1, 0.15) is 52.1 Å². The summed E-state index contributed by atoms with van der Waals surface area (Å²) < 4.78 is 14.2. The molecule has 1 fully saturated rings. The normalized spacial score (nSPS) is 21.7. The molecule has 122 valence electrons. The lowest BCUT2D eigenvalue weighted by molar-refractivity contribution is -0.126. The van der Waals surface area contributed by atoms with Gasteiger partial charge in [-0.2, -0.15) is 0 Å². The number of halogens is 1. The van der Waals surface area contributed by atoms with Gasteiger partial charge in [0.25, 0.3) is 0 Å². The number of carbonyl (C=O) groups excluding carboxylic acids is 1. The number of amides is 1. The Hall–Kier alpha value is -1.72. The van der Waals surface area contributed by atoms with E-state index in [-0.39, 0.29) is 35.5 Å². The Balaban J connectivity index is 2.00. The number of aromatic nitrogens is 2. The van der Waals surface area contributed by atoms with Gasteiger partial charge in [-0.05, 0) is 39.5 Å². The summed E-state index contributed by atoms with van der Waals surface area (Å²) >= 11 is 0. The quantitative estimate of drug-likeness (QED) is 0.877. The molecule has 1 aliphatic carbocycles. The highest BCUT2D eigenvalue weighted by molar-refractivity contribution is 5.79. The van der Waals surface area contributed by atoms with Gasteiger partial charge in [0.2, 0.25) is 5.91 Å². The zero-order valence-corrected chi connectivity index (χ0v) is 13.5. The average molecular weight is 308 g/mol. The van der Waals surface area contributed by atoms with Crippen LogP contribution in [0.25, 0.3) is 0 Å². The summed E-state index contributed by atoms with van der Waals surface area (Å²) in [7, 11) is 0. The molecule has 1 heterocycles. The van der Waals surface area contributed by atoms with E-state index in [1.807, 2.05) is 20.8 Å². The van der Waals surface area contributed by atoms with Crippen molar-refractivity contribution in [2.75, 3.05) is 5.32 Å². The second-order valence-corrected chi connectivity index (χ2v) is 6.20. The van der Waals surface area contributed by atoms with Crippen molar-refractivity contribution in [3.05, 3.63) is 17.8 Å². The maximum Gasteiger partial charge on any atom is 0.223 e. The Morgan fingerprint density at radius 2 is 2.18 bits per heavy atom. The van der Waals surface area contributed by atoms with Crippen molar-refractivity contribution in [3.8, 4) is 0 Å². The summed E-state index contributed by atoms with van der Waals surface area (Å²) in [5, 5.41) is 6.12. The number of hydrogen-bond acceptors (Lipinski definition) is 4. The summed E-state index contributed by atoms with van der Waals surface area (Å²) in [6, 6.07) is 0.220. The molecule has 5 nitrogen and oxygen atoms in total. The maximum atomic E-state index is 14.2. The maximum absolute atomic E-state index is 14.2. The zero-order valence-electron chi connectivity index (χ0n) is 13.5. The van der Waals surface area contributed by atoms with Gasteiger partial charge in [0.05, 0.1) is 5.69 Å². The van der Waals surface area contributed by atoms with Gasteiger partial charge in [0.15, 0.2) is 11.6 Å². The van der Waals surface area contributed by atoms with E-state index >= 15 is 0 Å². The highest BCUT2D eigenvalue weighted by atomic mass is 19.1. The van der Waals surface area contributed by atoms with E-state index in [2.05, 4.69) is 20.6 Å². The Labute approximate surface area is 131 Å². The lowest BCUT2D eigenvalue weighted by atomic mass is 9.85. The molecule has 0 aromatic carbocycles. The molecule has 0 aliphatic heterocycles. The fourth-order valence-corrected chi connectivity index (χ4v) is 2.91. The predicted octanol–water partition coefficient (Wildman–Crippen LogP) is 2.67. The standard InChI is InChI=1S/C16H25FN4O/c1-4-13-14(17)15(19-9-18-13)21-12-7-5-6-11(8-12)16(22)20-10(2)3/h9-12H,4-8H2,1-3H3,(H,20,22)(H,18,19,21)/t11-,12+/m1/s1. The lowest BCUT2D eigenvalue weighted by Crippen LogP contribution is -2.40. The smallest absolute Gasteiger partial charge is 0.223 e. The molecule has 2 rings (SSSR count). The molecule has 0 unspecified atom stereocenters. The van der Waals surface area contributed by atoms with Gasteiger partial charge in [0.1, 0.15) is 6.33 Å². The van der Waals surface area contributed by atoms with Crippen LogP contribution in [0.3, 0.4) is 0 Å². The number of nitrogens with zero attached hydrogens (tertiary/aromatic N) is 2. The van der Waals surface area contributed by atoms with Crippen molar-refractivity contribution >= 4 is 11.7 Å². The molecular formula is C16H25FN4O. The van der Waals surface area contributed by atoms with Gasteiger partial charge >= 0.3 is 0 Å². The fourth-order valence-electron chi connectivity index (χ4n) is 2.91. The van der Waals surface area contributed by atoms with Crippen molar-refractivity contribution < 1.29 is 9.18 Å². The van der Waals surface area contributed by atoms with Crippen molar-refractivity contribution in [3.63, 3.8) is 0 Å². The van der Waals surface area contributed by atoms with E-state index in [0.29, 0.717) is 18.5 Å². The van der Waals surface area contributed by atoms with Crippen LogP contribution in [0.15, 0.2) is 6.33 Å². The number of rotatable bonds is 5. The minimum Gasteiger partial charge on any atom is -0.365 e. The van der Waals surface area contributed by atoms with Crippen molar-refractivity contribution in [1.29, 1.82) is 0 Å². The minimum absolute atomic E-state index is 0.0100. The zero-order chi connectivity index (χ0) is 16.1. The van der Waals surface area contributed by atoms with Gasteiger partial charge in [-0.3, -0.25) is 4.79 Å². The monoisotopic (exact) mass is 308 g/mol. The molecule has 2 atom stereocenters. The summed E-state index contributed by atoms with van der Waals surface area (Å²) in [5.41, 5.74) is 0.419. The highest BCUT2D eigenvalue weighted by Crippen LogP contribution is 2.27. The number of aryl methyl sites for hydroxylation is 1. The topological polar surface area (TPSA) is 66.9 Å². The number of hydrogen-bond donors (Lipinski definition) is 2. The van der Waals surface area contributed by atoms with Crippen LogP contribution in [-0.4, -0.2) is 28.0 Å². The molecule has 22 heavy (non-hydrogen) atoms. The third kappa shape index (κ3) is 4.15. The molecule has 6 heteroatoms. The van der Waals surface area contributed by atoms with Gasteiger partial charge in [-0.1, -0.05) is 13.3 Å². The third-order valence-corrected chi connectivity index (χ3v) is 4.01. The van der Waals surface area contributed by atoms with E-state index < -0.39 is 0 Å². The Morgan fingerprint density at radius 1 is 1.41 bits per heavy atom. The average Bonchev–Trinajstić information content (AvgIpc) is 2.49. The largest absolute Gasteiger partial charge is 0.365 e. The summed E-state index contributed by atoms with van der Waals surface area (Å²) in [4.78, 5) is 20.1. The van der Waals surface area contributed by atoms with Crippen LogP contribution in [0.2, 0.25) is 0 Å². The number of nitrogens with one attached hydrogen (secondary N) is 2. The van der Waals surface area contributed by atoms with E-state index in [9.17, 15) is 9.18 Å². The first-order valence-corrected chi connectivity index (χ1v) is 8.07. The predicted molar refractivity (Wildman–Crippen MR) is 84.0 cm³/mol. The molecule has 0 saturated heterocycles. The molecule has 0 radical (unpaired) electrons. The van der Waals surface area contributed by atoms with E-state index in [4.69, 9.17) is 0 Å². The fraction of sp³-hybridized carbons (Fsp3) is 0.688. The van der Waals surface area contributed by atoms with Crippen LogP contribution < -0.4 is 10.6 Å². The van der Waals surface area contributed by atoms with Gasteiger partial charge in [-0.25, -0.2) is 14.4 Å². The second-order valence-electron chi connectivity index (χ2n) is 6.20. The Bertz CT molecular complexity index is 521. The van der Waals surface area contributed by atoms with Crippen LogP contribution in [0.5, 0.6) is 0 Å². The summed E-state index contributed by atoms with van der Waals surface area (Å²) in [6.07, 6.45) is 5.41. The van der Waals surface area contributed by atoms with Crippen LogP contribution in [0.4, 0.5) is 10.2 Å². The van der Waals surface area contributed by atoms with Gasteiger partial charge in [0, 0.05) is 18.0 Å². The Morgan fingerprint density at radius 3 is 2.86 bits per heavy atom. The molecule has 2 N–H and O–H groups in total. The third-order valence-electron chi connectivity index (χ3n) is 4.01. The molecular weight excluding hydrogens is 283 g/mol.